The van der Waals surface area contributed by atoms with Gasteiger partial charge >= 0.3 is 0 Å². The van der Waals surface area contributed by atoms with Gasteiger partial charge in [0.15, 0.2) is 12.4 Å². The third-order valence-electron chi connectivity index (χ3n) is 4.01. The third-order valence-corrected chi connectivity index (χ3v) is 4.01. The van der Waals surface area contributed by atoms with Crippen molar-refractivity contribution < 1.29 is 14.3 Å². The summed E-state index contributed by atoms with van der Waals surface area (Å²) in [6.07, 6.45) is 1.09. The topological polar surface area (TPSA) is 55.4 Å². The summed E-state index contributed by atoms with van der Waals surface area (Å²) in [4.78, 5) is 23.1. The normalized spacial score (nSPS) is 11.6. The molecule has 0 aromatic heterocycles. The number of carbonyl (C=O) groups excluding carboxylic acids is 2. The van der Waals surface area contributed by atoms with E-state index in [-0.39, 0.29) is 18.3 Å². The molecule has 0 spiro atoms. The molecule has 2 rings (SSSR count). The highest BCUT2D eigenvalue weighted by atomic mass is 16.5. The molecule has 0 aliphatic heterocycles. The van der Waals surface area contributed by atoms with Gasteiger partial charge in [-0.05, 0) is 61.2 Å². The monoisotopic (exact) mass is 325 g/mol. The van der Waals surface area contributed by atoms with E-state index in [0.717, 1.165) is 6.42 Å². The summed E-state index contributed by atoms with van der Waals surface area (Å²) in [5.74, 6) is 0.943. The number of carbonyl (C=O) groups is 2. The molecule has 24 heavy (non-hydrogen) atoms. The molecular weight excluding hydrogens is 302 g/mol. The van der Waals surface area contributed by atoms with Crippen molar-refractivity contribution in [1.29, 1.82) is 0 Å². The van der Waals surface area contributed by atoms with Gasteiger partial charge in [0.25, 0.3) is 5.91 Å². The molecule has 0 heterocycles. The molecule has 0 bridgehead atoms. The van der Waals surface area contributed by atoms with E-state index in [9.17, 15) is 9.59 Å². The summed E-state index contributed by atoms with van der Waals surface area (Å²) in [6.45, 7) is 5.79. The highest BCUT2D eigenvalue weighted by Gasteiger charge is 2.06. The first-order valence-corrected chi connectivity index (χ1v) is 8.13. The van der Waals surface area contributed by atoms with Crippen LogP contribution in [-0.4, -0.2) is 18.3 Å². The van der Waals surface area contributed by atoms with Crippen molar-refractivity contribution >= 4 is 17.4 Å². The van der Waals surface area contributed by atoms with Crippen LogP contribution in [0.4, 0.5) is 5.69 Å². The lowest BCUT2D eigenvalue weighted by molar-refractivity contribution is -0.118. The molecule has 2 aromatic rings. The lowest BCUT2D eigenvalue weighted by atomic mass is 9.99. The predicted octanol–water partition coefficient (Wildman–Crippen LogP) is 4.42. The first-order valence-electron chi connectivity index (χ1n) is 8.13. The van der Waals surface area contributed by atoms with E-state index in [4.69, 9.17) is 4.74 Å². The van der Waals surface area contributed by atoms with E-state index in [1.54, 1.807) is 24.3 Å². The number of ether oxygens (including phenoxy) is 1. The molecule has 1 N–H and O–H groups in total. The minimum absolute atomic E-state index is 0.00273. The second-order valence-corrected chi connectivity index (χ2v) is 5.85. The molecule has 0 fully saturated rings. The highest BCUT2D eigenvalue weighted by Crippen LogP contribution is 2.21. The minimum atomic E-state index is -0.239. The van der Waals surface area contributed by atoms with Crippen LogP contribution in [0.3, 0.4) is 0 Å². The van der Waals surface area contributed by atoms with Gasteiger partial charge in [0.05, 0.1) is 0 Å². The molecule has 1 unspecified atom stereocenters. The number of rotatable bonds is 7. The van der Waals surface area contributed by atoms with Crippen molar-refractivity contribution in [3.63, 3.8) is 0 Å². The molecular formula is C20H23NO3. The van der Waals surface area contributed by atoms with Gasteiger partial charge in [-0.15, -0.1) is 0 Å². The van der Waals surface area contributed by atoms with Crippen molar-refractivity contribution in [2.75, 3.05) is 11.9 Å². The van der Waals surface area contributed by atoms with E-state index in [2.05, 4.69) is 19.2 Å². The number of nitrogens with one attached hydrogen (secondary N) is 1. The second-order valence-electron chi connectivity index (χ2n) is 5.85. The Kier molecular flexibility index (Phi) is 6.13. The zero-order valence-corrected chi connectivity index (χ0v) is 14.3. The maximum Gasteiger partial charge on any atom is 0.262 e. The molecule has 0 aliphatic rings. The third kappa shape index (κ3) is 4.95. The number of hydrogen-bond donors (Lipinski definition) is 1. The van der Waals surface area contributed by atoms with Crippen LogP contribution in [0.1, 0.15) is 49.0 Å². The fourth-order valence-electron chi connectivity index (χ4n) is 2.26. The molecule has 1 amide bonds. The minimum Gasteiger partial charge on any atom is -0.484 e. The summed E-state index contributed by atoms with van der Waals surface area (Å²) >= 11 is 0. The SMILES string of the molecule is CCC(C)c1ccc(OCC(=O)Nc2ccc(C(C)=O)cc2)cc1. The first-order chi connectivity index (χ1) is 11.5. The van der Waals surface area contributed by atoms with Gasteiger partial charge in [-0.2, -0.15) is 0 Å². The van der Waals surface area contributed by atoms with E-state index >= 15 is 0 Å². The van der Waals surface area contributed by atoms with Crippen LogP contribution in [-0.2, 0) is 4.79 Å². The predicted molar refractivity (Wildman–Crippen MR) is 95.7 cm³/mol. The largest absolute Gasteiger partial charge is 0.484 e. The maximum atomic E-state index is 11.9. The Hall–Kier alpha value is -2.62. The fourth-order valence-corrected chi connectivity index (χ4v) is 2.26. The van der Waals surface area contributed by atoms with Crippen molar-refractivity contribution in [1.82, 2.24) is 0 Å². The quantitative estimate of drug-likeness (QED) is 0.767. The van der Waals surface area contributed by atoms with Crippen LogP contribution < -0.4 is 10.1 Å². The van der Waals surface area contributed by atoms with Crippen molar-refractivity contribution in [3.05, 3.63) is 59.7 Å². The Bertz CT molecular complexity index is 690. The average molecular weight is 325 g/mol. The van der Waals surface area contributed by atoms with E-state index in [1.165, 1.54) is 12.5 Å². The summed E-state index contributed by atoms with van der Waals surface area (Å²) in [5, 5.41) is 2.74. The van der Waals surface area contributed by atoms with Gasteiger partial charge in [-0.25, -0.2) is 0 Å². The molecule has 0 saturated carbocycles. The van der Waals surface area contributed by atoms with Crippen LogP contribution in [0.25, 0.3) is 0 Å². The summed E-state index contributed by atoms with van der Waals surface area (Å²) in [7, 11) is 0. The summed E-state index contributed by atoms with van der Waals surface area (Å²) < 4.78 is 5.50. The Morgan fingerprint density at radius 2 is 1.67 bits per heavy atom. The van der Waals surface area contributed by atoms with Gasteiger partial charge in [0, 0.05) is 11.3 Å². The van der Waals surface area contributed by atoms with E-state index < -0.39 is 0 Å². The molecule has 4 nitrogen and oxygen atoms in total. The van der Waals surface area contributed by atoms with Crippen molar-refractivity contribution in [2.45, 2.75) is 33.1 Å². The first kappa shape index (κ1) is 17.7. The van der Waals surface area contributed by atoms with E-state index in [0.29, 0.717) is 22.9 Å². The number of anilines is 1. The standard InChI is InChI=1S/C20H23NO3/c1-4-14(2)16-7-11-19(12-8-16)24-13-20(23)21-18-9-5-17(6-10-18)15(3)22/h5-12,14H,4,13H2,1-3H3,(H,21,23). The Morgan fingerprint density at radius 3 is 2.21 bits per heavy atom. The molecule has 0 aliphatic carbocycles. The van der Waals surface area contributed by atoms with Crippen LogP contribution in [0.2, 0.25) is 0 Å². The number of amides is 1. The lowest BCUT2D eigenvalue weighted by Crippen LogP contribution is -2.20. The van der Waals surface area contributed by atoms with Crippen LogP contribution in [0.5, 0.6) is 5.75 Å². The lowest BCUT2D eigenvalue weighted by Gasteiger charge is -2.11. The Morgan fingerprint density at radius 1 is 1.04 bits per heavy atom. The van der Waals surface area contributed by atoms with Crippen LogP contribution >= 0.6 is 0 Å². The Labute approximate surface area is 142 Å². The number of ketones is 1. The Balaban J connectivity index is 1.85. The molecule has 1 atom stereocenters. The molecule has 126 valence electrons. The van der Waals surface area contributed by atoms with Crippen LogP contribution in [0, 0.1) is 0 Å². The second kappa shape index (κ2) is 8.29. The van der Waals surface area contributed by atoms with Gasteiger partial charge < -0.3 is 10.1 Å². The summed E-state index contributed by atoms with van der Waals surface area (Å²) in [5.41, 5.74) is 2.52. The van der Waals surface area contributed by atoms with Crippen molar-refractivity contribution in [2.24, 2.45) is 0 Å². The molecule has 0 radical (unpaired) electrons. The molecule has 2 aromatic carbocycles. The van der Waals surface area contributed by atoms with Crippen molar-refractivity contribution in [3.8, 4) is 5.75 Å². The molecule has 4 heteroatoms. The zero-order valence-electron chi connectivity index (χ0n) is 14.3. The average Bonchev–Trinajstić information content (AvgIpc) is 2.60. The number of hydrogen-bond acceptors (Lipinski definition) is 3. The van der Waals surface area contributed by atoms with Gasteiger partial charge in [-0.1, -0.05) is 26.0 Å². The number of Topliss-reactive ketones (excluding diaryl/α,β-unsaturated/α-hetero) is 1. The van der Waals surface area contributed by atoms with Gasteiger partial charge in [-0.3, -0.25) is 9.59 Å². The van der Waals surface area contributed by atoms with Gasteiger partial charge in [0.2, 0.25) is 0 Å². The smallest absolute Gasteiger partial charge is 0.262 e. The summed E-state index contributed by atoms with van der Waals surface area (Å²) in [6, 6.07) is 14.6. The highest BCUT2D eigenvalue weighted by molar-refractivity contribution is 5.95. The maximum absolute atomic E-state index is 11.9. The van der Waals surface area contributed by atoms with E-state index in [1.807, 2.05) is 24.3 Å². The van der Waals surface area contributed by atoms with Crippen LogP contribution in [0.15, 0.2) is 48.5 Å². The number of benzene rings is 2. The molecule has 0 saturated heterocycles. The zero-order chi connectivity index (χ0) is 17.5. The van der Waals surface area contributed by atoms with Gasteiger partial charge in [0.1, 0.15) is 5.75 Å². The fraction of sp³-hybridized carbons (Fsp3) is 0.300.